The number of ether oxygens (including phenoxy) is 3. The lowest BCUT2D eigenvalue weighted by Gasteiger charge is -2.15. The number of rotatable bonds is 6. The number of hydrogen-bond donors (Lipinski definition) is 1. The third-order valence-electron chi connectivity index (χ3n) is 3.33. The molecule has 5 nitrogen and oxygen atoms in total. The Hall–Kier alpha value is -2.64. The number of pyridine rings is 1. The predicted molar refractivity (Wildman–Crippen MR) is 82.7 cm³/mol. The molecule has 0 saturated carbocycles. The first-order valence-electron chi connectivity index (χ1n) is 6.95. The molecule has 1 aromatic carbocycles. The molecule has 8 heteroatoms. The Morgan fingerprint density at radius 3 is 2.17 bits per heavy atom. The maximum atomic E-state index is 12.7. The van der Waals surface area contributed by atoms with Crippen molar-refractivity contribution in [3.63, 3.8) is 0 Å². The molecule has 0 atom stereocenters. The van der Waals surface area contributed by atoms with E-state index in [1.807, 2.05) is 0 Å². The van der Waals surface area contributed by atoms with Crippen molar-refractivity contribution in [2.75, 3.05) is 26.6 Å². The lowest BCUT2D eigenvalue weighted by Crippen LogP contribution is -2.08. The van der Waals surface area contributed by atoms with E-state index in [4.69, 9.17) is 14.2 Å². The van der Waals surface area contributed by atoms with Crippen LogP contribution in [0.3, 0.4) is 0 Å². The fourth-order valence-electron chi connectivity index (χ4n) is 2.12. The topological polar surface area (TPSA) is 52.6 Å². The minimum Gasteiger partial charge on any atom is -0.496 e. The van der Waals surface area contributed by atoms with Gasteiger partial charge in [0.15, 0.2) is 11.5 Å². The number of aromatic nitrogens is 1. The Morgan fingerprint density at radius 2 is 1.58 bits per heavy atom. The van der Waals surface area contributed by atoms with Crippen LogP contribution in [0.25, 0.3) is 0 Å². The van der Waals surface area contributed by atoms with Crippen LogP contribution in [0.5, 0.6) is 17.2 Å². The van der Waals surface area contributed by atoms with Gasteiger partial charge in [-0.15, -0.1) is 0 Å². The van der Waals surface area contributed by atoms with Gasteiger partial charge in [-0.05, 0) is 18.2 Å². The molecular formula is C16H17F3N2O3. The van der Waals surface area contributed by atoms with Crippen LogP contribution in [0.4, 0.5) is 19.0 Å². The highest BCUT2D eigenvalue weighted by Crippen LogP contribution is 2.35. The van der Waals surface area contributed by atoms with Crippen molar-refractivity contribution in [2.24, 2.45) is 0 Å². The largest absolute Gasteiger partial charge is 0.496 e. The maximum absolute atomic E-state index is 12.7. The minimum atomic E-state index is -4.42. The van der Waals surface area contributed by atoms with Crippen molar-refractivity contribution >= 4 is 5.82 Å². The van der Waals surface area contributed by atoms with Crippen molar-refractivity contribution in [2.45, 2.75) is 12.7 Å². The van der Waals surface area contributed by atoms with Gasteiger partial charge in [0.2, 0.25) is 0 Å². The van der Waals surface area contributed by atoms with Gasteiger partial charge < -0.3 is 19.5 Å². The molecule has 0 fully saturated rings. The first kappa shape index (κ1) is 17.7. The molecule has 2 aromatic rings. The number of alkyl halides is 3. The van der Waals surface area contributed by atoms with E-state index in [1.54, 1.807) is 12.1 Å². The summed E-state index contributed by atoms with van der Waals surface area (Å²) in [6.45, 7) is 0.206. The lowest BCUT2D eigenvalue weighted by atomic mass is 10.1. The molecule has 2 rings (SSSR count). The summed E-state index contributed by atoms with van der Waals surface area (Å²) < 4.78 is 53.9. The highest BCUT2D eigenvalue weighted by Gasteiger charge is 2.30. The Balaban J connectivity index is 2.23. The minimum absolute atomic E-state index is 0.113. The van der Waals surface area contributed by atoms with Crippen molar-refractivity contribution in [3.8, 4) is 17.2 Å². The smallest absolute Gasteiger partial charge is 0.416 e. The van der Waals surface area contributed by atoms with Crippen LogP contribution in [0.2, 0.25) is 0 Å². The summed E-state index contributed by atoms with van der Waals surface area (Å²) in [5.41, 5.74) is -0.0753. The molecule has 0 bridgehead atoms. The molecule has 0 spiro atoms. The van der Waals surface area contributed by atoms with Gasteiger partial charge in [-0.3, -0.25) is 0 Å². The highest BCUT2D eigenvalue weighted by molar-refractivity contribution is 5.52. The SMILES string of the molecule is COc1cc(OC)c(OC)cc1CNc1cc(C(F)(F)F)ccn1. The van der Waals surface area contributed by atoms with Crippen molar-refractivity contribution in [1.29, 1.82) is 0 Å². The fourth-order valence-corrected chi connectivity index (χ4v) is 2.12. The first-order chi connectivity index (χ1) is 11.4. The molecule has 0 unspecified atom stereocenters. The van der Waals surface area contributed by atoms with E-state index in [-0.39, 0.29) is 12.4 Å². The summed E-state index contributed by atoms with van der Waals surface area (Å²) in [6.07, 6.45) is -3.31. The van der Waals surface area contributed by atoms with Crippen LogP contribution < -0.4 is 19.5 Å². The normalized spacial score (nSPS) is 11.1. The van der Waals surface area contributed by atoms with E-state index in [0.717, 1.165) is 18.3 Å². The van der Waals surface area contributed by atoms with Gasteiger partial charge in [0.1, 0.15) is 11.6 Å². The quantitative estimate of drug-likeness (QED) is 0.867. The van der Waals surface area contributed by atoms with E-state index >= 15 is 0 Å². The van der Waals surface area contributed by atoms with E-state index in [1.165, 1.54) is 21.3 Å². The second-order valence-corrected chi connectivity index (χ2v) is 4.80. The highest BCUT2D eigenvalue weighted by atomic mass is 19.4. The number of nitrogens with one attached hydrogen (secondary N) is 1. The zero-order valence-electron chi connectivity index (χ0n) is 13.4. The Labute approximate surface area is 137 Å². The van der Waals surface area contributed by atoms with Crippen LogP contribution in [0.1, 0.15) is 11.1 Å². The second kappa shape index (κ2) is 7.29. The molecule has 0 saturated heterocycles. The molecule has 0 aliphatic heterocycles. The number of benzene rings is 1. The van der Waals surface area contributed by atoms with Gasteiger partial charge in [-0.1, -0.05) is 0 Å². The molecule has 130 valence electrons. The summed E-state index contributed by atoms with van der Waals surface area (Å²) in [5, 5.41) is 2.85. The van der Waals surface area contributed by atoms with Crippen LogP contribution in [0.15, 0.2) is 30.5 Å². The monoisotopic (exact) mass is 342 g/mol. The van der Waals surface area contributed by atoms with Gasteiger partial charge in [-0.2, -0.15) is 13.2 Å². The van der Waals surface area contributed by atoms with Gasteiger partial charge in [0.05, 0.1) is 26.9 Å². The van der Waals surface area contributed by atoms with Crippen LogP contribution >= 0.6 is 0 Å². The average molecular weight is 342 g/mol. The summed E-state index contributed by atoms with van der Waals surface area (Å²) in [5.74, 6) is 1.62. The molecule has 24 heavy (non-hydrogen) atoms. The van der Waals surface area contributed by atoms with E-state index in [9.17, 15) is 13.2 Å². The number of nitrogens with zero attached hydrogens (tertiary/aromatic N) is 1. The van der Waals surface area contributed by atoms with Crippen LogP contribution in [-0.2, 0) is 12.7 Å². The Morgan fingerprint density at radius 1 is 0.958 bits per heavy atom. The van der Waals surface area contributed by atoms with E-state index in [0.29, 0.717) is 22.8 Å². The fraction of sp³-hybridized carbons (Fsp3) is 0.312. The van der Waals surface area contributed by atoms with Crippen molar-refractivity contribution in [3.05, 3.63) is 41.6 Å². The standard InChI is InChI=1S/C16H17F3N2O3/c1-22-12-8-14(24-3)13(23-2)6-10(12)9-21-15-7-11(4-5-20-15)16(17,18)19/h4-8H,9H2,1-3H3,(H,20,21). The lowest BCUT2D eigenvalue weighted by molar-refractivity contribution is -0.137. The first-order valence-corrected chi connectivity index (χ1v) is 6.95. The van der Waals surface area contributed by atoms with E-state index in [2.05, 4.69) is 10.3 Å². The Bertz CT molecular complexity index is 705. The van der Waals surface area contributed by atoms with Crippen molar-refractivity contribution < 1.29 is 27.4 Å². The third-order valence-corrected chi connectivity index (χ3v) is 3.33. The average Bonchev–Trinajstić information content (AvgIpc) is 2.58. The van der Waals surface area contributed by atoms with Crippen LogP contribution in [0, 0.1) is 0 Å². The molecule has 1 aromatic heterocycles. The number of anilines is 1. The van der Waals surface area contributed by atoms with Gasteiger partial charge in [0.25, 0.3) is 0 Å². The molecule has 0 aliphatic rings. The van der Waals surface area contributed by atoms with Gasteiger partial charge in [-0.25, -0.2) is 4.98 Å². The number of methoxy groups -OCH3 is 3. The Kier molecular flexibility index (Phi) is 5.38. The van der Waals surface area contributed by atoms with E-state index < -0.39 is 11.7 Å². The number of hydrogen-bond acceptors (Lipinski definition) is 5. The molecule has 0 radical (unpaired) electrons. The molecule has 1 heterocycles. The van der Waals surface area contributed by atoms with Gasteiger partial charge in [0, 0.05) is 24.4 Å². The third kappa shape index (κ3) is 4.01. The van der Waals surface area contributed by atoms with Crippen molar-refractivity contribution in [1.82, 2.24) is 4.98 Å². The number of halogens is 3. The summed E-state index contributed by atoms with van der Waals surface area (Å²) >= 11 is 0. The molecule has 0 aliphatic carbocycles. The van der Waals surface area contributed by atoms with Gasteiger partial charge >= 0.3 is 6.18 Å². The summed E-state index contributed by atoms with van der Waals surface area (Å²) in [6, 6.07) is 5.21. The molecule has 0 amide bonds. The summed E-state index contributed by atoms with van der Waals surface area (Å²) in [4.78, 5) is 3.89. The second-order valence-electron chi connectivity index (χ2n) is 4.80. The van der Waals surface area contributed by atoms with Crippen LogP contribution in [-0.4, -0.2) is 26.3 Å². The molecule has 1 N–H and O–H groups in total. The predicted octanol–water partition coefficient (Wildman–Crippen LogP) is 3.74. The summed E-state index contributed by atoms with van der Waals surface area (Å²) in [7, 11) is 4.49. The maximum Gasteiger partial charge on any atom is 0.416 e. The zero-order valence-corrected chi connectivity index (χ0v) is 13.4. The molecular weight excluding hydrogens is 325 g/mol. The zero-order chi connectivity index (χ0) is 17.7.